The van der Waals surface area contributed by atoms with Crippen LogP contribution in [0.15, 0.2) is 4.47 Å². The molecule has 0 bridgehead atoms. The third kappa shape index (κ3) is 2.34. The number of halogens is 2. The minimum atomic E-state index is -0.00491. The van der Waals surface area contributed by atoms with Gasteiger partial charge in [-0.2, -0.15) is 0 Å². The quantitative estimate of drug-likeness (QED) is 0.728. The van der Waals surface area contributed by atoms with Crippen molar-refractivity contribution < 1.29 is 0 Å². The van der Waals surface area contributed by atoms with Crippen LogP contribution in [0.2, 0.25) is 5.15 Å². The summed E-state index contributed by atoms with van der Waals surface area (Å²) in [6.07, 6.45) is 2.39. The third-order valence-corrected chi connectivity index (χ3v) is 3.73. The van der Waals surface area contributed by atoms with Crippen molar-refractivity contribution in [2.24, 2.45) is 0 Å². The fourth-order valence-electron chi connectivity index (χ4n) is 1.46. The highest BCUT2D eigenvalue weighted by Crippen LogP contribution is 2.41. The predicted molar refractivity (Wildman–Crippen MR) is 65.4 cm³/mol. The van der Waals surface area contributed by atoms with Crippen LogP contribution in [0.4, 0.5) is 0 Å². The summed E-state index contributed by atoms with van der Waals surface area (Å²) in [7, 11) is 0. The Kier molecular flexibility index (Phi) is 2.80. The first-order chi connectivity index (χ1) is 6.89. The van der Waals surface area contributed by atoms with Crippen molar-refractivity contribution in [3.8, 4) is 0 Å². The van der Waals surface area contributed by atoms with Gasteiger partial charge >= 0.3 is 0 Å². The molecule has 0 aromatic carbocycles. The number of nitrogens with zero attached hydrogens (tertiary/aromatic N) is 2. The van der Waals surface area contributed by atoms with Crippen molar-refractivity contribution in [2.45, 2.75) is 44.9 Å². The highest BCUT2D eigenvalue weighted by atomic mass is 79.9. The molecule has 1 aromatic heterocycles. The van der Waals surface area contributed by atoms with Crippen molar-refractivity contribution in [1.29, 1.82) is 0 Å². The summed E-state index contributed by atoms with van der Waals surface area (Å²) in [4.78, 5) is 8.94. The molecule has 82 valence electrons. The molecule has 2 rings (SSSR count). The van der Waals surface area contributed by atoms with Gasteiger partial charge in [-0.3, -0.25) is 0 Å². The van der Waals surface area contributed by atoms with Crippen molar-refractivity contribution >= 4 is 27.5 Å². The minimum Gasteiger partial charge on any atom is -0.236 e. The Morgan fingerprint density at radius 1 is 1.27 bits per heavy atom. The lowest BCUT2D eigenvalue weighted by atomic mass is 9.92. The van der Waals surface area contributed by atoms with E-state index in [2.05, 4.69) is 46.7 Å². The zero-order valence-corrected chi connectivity index (χ0v) is 11.5. The molecule has 0 spiro atoms. The van der Waals surface area contributed by atoms with Crippen LogP contribution in [-0.2, 0) is 5.41 Å². The molecule has 0 atom stereocenters. The van der Waals surface area contributed by atoms with E-state index in [1.54, 1.807) is 0 Å². The van der Waals surface area contributed by atoms with E-state index < -0.39 is 0 Å². The first kappa shape index (κ1) is 11.3. The smallest absolute Gasteiger partial charge is 0.147 e. The van der Waals surface area contributed by atoms with E-state index in [0.717, 1.165) is 16.0 Å². The average Bonchev–Trinajstić information content (AvgIpc) is 2.90. The van der Waals surface area contributed by atoms with Crippen molar-refractivity contribution in [2.75, 3.05) is 0 Å². The Labute approximate surface area is 104 Å². The molecule has 1 aromatic rings. The maximum absolute atomic E-state index is 6.10. The Morgan fingerprint density at radius 3 is 2.33 bits per heavy atom. The average molecular weight is 290 g/mol. The van der Waals surface area contributed by atoms with Gasteiger partial charge in [0.1, 0.15) is 11.0 Å². The van der Waals surface area contributed by atoms with E-state index in [0.29, 0.717) is 11.1 Å². The predicted octanol–water partition coefficient (Wildman–Crippen LogP) is 4.07. The van der Waals surface area contributed by atoms with Crippen LogP contribution in [0, 0.1) is 0 Å². The second-order valence-electron chi connectivity index (χ2n) is 5.06. The van der Waals surface area contributed by atoms with E-state index >= 15 is 0 Å². The molecule has 0 radical (unpaired) electrons. The molecule has 15 heavy (non-hydrogen) atoms. The Bertz CT molecular complexity index is 394. The van der Waals surface area contributed by atoms with Gasteiger partial charge in [0.15, 0.2) is 0 Å². The first-order valence-electron chi connectivity index (χ1n) is 5.13. The summed E-state index contributed by atoms with van der Waals surface area (Å²) in [5.41, 5.74) is 0.999. The van der Waals surface area contributed by atoms with E-state index in [9.17, 15) is 0 Å². The maximum Gasteiger partial charge on any atom is 0.147 e. The van der Waals surface area contributed by atoms with Crippen molar-refractivity contribution in [3.63, 3.8) is 0 Å². The molecule has 2 nitrogen and oxygen atoms in total. The fraction of sp³-hybridized carbons (Fsp3) is 0.636. The van der Waals surface area contributed by atoms with Crippen LogP contribution >= 0.6 is 27.5 Å². The molecular formula is C11H14BrClN2. The van der Waals surface area contributed by atoms with Gasteiger partial charge in [-0.05, 0) is 28.8 Å². The van der Waals surface area contributed by atoms with Crippen LogP contribution in [0.1, 0.15) is 51.0 Å². The number of rotatable bonds is 1. The third-order valence-electron chi connectivity index (χ3n) is 2.48. The van der Waals surface area contributed by atoms with E-state index in [4.69, 9.17) is 11.6 Å². The largest absolute Gasteiger partial charge is 0.236 e. The summed E-state index contributed by atoms with van der Waals surface area (Å²) in [5.74, 6) is 1.45. The fourth-order valence-corrected chi connectivity index (χ4v) is 2.41. The van der Waals surface area contributed by atoms with Gasteiger partial charge < -0.3 is 0 Å². The monoisotopic (exact) mass is 288 g/mol. The summed E-state index contributed by atoms with van der Waals surface area (Å²) < 4.78 is 0.834. The summed E-state index contributed by atoms with van der Waals surface area (Å²) in [6.45, 7) is 6.40. The molecule has 0 aliphatic heterocycles. The number of hydrogen-bond acceptors (Lipinski definition) is 2. The van der Waals surface area contributed by atoms with Gasteiger partial charge in [-0.15, -0.1) is 0 Å². The Hall–Kier alpha value is -0.150. The second-order valence-corrected chi connectivity index (χ2v) is 6.21. The first-order valence-corrected chi connectivity index (χ1v) is 6.30. The zero-order valence-electron chi connectivity index (χ0n) is 9.14. The summed E-state index contributed by atoms with van der Waals surface area (Å²) in [5, 5.41) is 0.539. The highest BCUT2D eigenvalue weighted by Gasteiger charge is 2.30. The van der Waals surface area contributed by atoms with Gasteiger partial charge in [0.25, 0.3) is 0 Å². The molecule has 0 amide bonds. The van der Waals surface area contributed by atoms with Crippen LogP contribution in [0.5, 0.6) is 0 Å². The highest BCUT2D eigenvalue weighted by molar-refractivity contribution is 9.10. The molecule has 4 heteroatoms. The van der Waals surface area contributed by atoms with E-state index in [1.165, 1.54) is 12.8 Å². The maximum atomic E-state index is 6.10. The molecular weight excluding hydrogens is 275 g/mol. The molecule has 1 saturated carbocycles. The summed E-state index contributed by atoms with van der Waals surface area (Å²) in [6, 6.07) is 0. The van der Waals surface area contributed by atoms with Gasteiger partial charge in [-0.1, -0.05) is 32.4 Å². The van der Waals surface area contributed by atoms with E-state index in [1.807, 2.05) is 0 Å². The van der Waals surface area contributed by atoms with Crippen LogP contribution in [0.25, 0.3) is 0 Å². The number of aromatic nitrogens is 2. The van der Waals surface area contributed by atoms with Crippen molar-refractivity contribution in [3.05, 3.63) is 21.1 Å². The lowest BCUT2D eigenvalue weighted by molar-refractivity contribution is 0.558. The Balaban J connectivity index is 2.52. The van der Waals surface area contributed by atoms with Gasteiger partial charge in [0.2, 0.25) is 0 Å². The van der Waals surface area contributed by atoms with Crippen LogP contribution < -0.4 is 0 Å². The molecule has 0 N–H and O–H groups in total. The lowest BCUT2D eigenvalue weighted by Crippen LogP contribution is -2.16. The lowest BCUT2D eigenvalue weighted by Gasteiger charge is -2.20. The van der Waals surface area contributed by atoms with Crippen LogP contribution in [-0.4, -0.2) is 9.97 Å². The van der Waals surface area contributed by atoms with Gasteiger partial charge in [0, 0.05) is 11.3 Å². The van der Waals surface area contributed by atoms with Gasteiger partial charge in [-0.25, -0.2) is 9.97 Å². The van der Waals surface area contributed by atoms with Gasteiger partial charge in [0.05, 0.1) is 10.2 Å². The van der Waals surface area contributed by atoms with Crippen molar-refractivity contribution in [1.82, 2.24) is 9.97 Å². The molecule has 0 unspecified atom stereocenters. The van der Waals surface area contributed by atoms with E-state index in [-0.39, 0.29) is 5.41 Å². The molecule has 1 aliphatic carbocycles. The summed E-state index contributed by atoms with van der Waals surface area (Å²) >= 11 is 9.56. The molecule has 0 saturated heterocycles. The SMILES string of the molecule is CC(C)(C)c1nc(C2CC2)nc(Cl)c1Br. The minimum absolute atomic E-state index is 0.00491. The topological polar surface area (TPSA) is 25.8 Å². The number of hydrogen-bond donors (Lipinski definition) is 0. The standard InChI is InChI=1S/C11H14BrClN2/c1-11(2,3)8-7(12)9(13)15-10(14-8)6-4-5-6/h6H,4-5H2,1-3H3. The molecule has 1 heterocycles. The Morgan fingerprint density at radius 2 is 1.87 bits per heavy atom. The second kappa shape index (κ2) is 3.70. The normalized spacial score (nSPS) is 16.9. The van der Waals surface area contributed by atoms with Crippen LogP contribution in [0.3, 0.4) is 0 Å². The molecule has 1 aliphatic rings. The molecule has 1 fully saturated rings. The zero-order chi connectivity index (χ0) is 11.2.